The lowest BCUT2D eigenvalue weighted by molar-refractivity contribution is 0.389. The van der Waals surface area contributed by atoms with Crippen LogP contribution in [0.25, 0.3) is 0 Å². The Morgan fingerprint density at radius 1 is 1.31 bits per heavy atom. The molecule has 0 aliphatic heterocycles. The van der Waals surface area contributed by atoms with Crippen molar-refractivity contribution in [3.63, 3.8) is 0 Å². The minimum Gasteiger partial charge on any atom is -0.330 e. The Balaban J connectivity index is 2.23. The number of nitrogens with two attached hydrogens (primary N) is 1. The van der Waals surface area contributed by atoms with Crippen molar-refractivity contribution in [1.82, 2.24) is 0 Å². The van der Waals surface area contributed by atoms with Gasteiger partial charge in [-0.2, -0.15) is 0 Å². The Bertz CT molecular complexity index is 164. The van der Waals surface area contributed by atoms with Gasteiger partial charge in [0.15, 0.2) is 0 Å². The van der Waals surface area contributed by atoms with Gasteiger partial charge in [0.05, 0.1) is 0 Å². The molecule has 3 heteroatoms. The van der Waals surface area contributed by atoms with E-state index >= 15 is 0 Å². The van der Waals surface area contributed by atoms with Crippen LogP contribution >= 0.6 is 0 Å². The Kier molecular flexibility index (Phi) is 4.96. The van der Waals surface area contributed by atoms with E-state index in [4.69, 9.17) is 5.73 Å². The average molecular weight is 203 g/mol. The van der Waals surface area contributed by atoms with E-state index in [1.54, 1.807) is 0 Å². The van der Waals surface area contributed by atoms with E-state index in [1.165, 1.54) is 25.7 Å². The highest BCUT2D eigenvalue weighted by molar-refractivity contribution is 7.85. The Morgan fingerprint density at radius 3 is 2.46 bits per heavy atom. The highest BCUT2D eigenvalue weighted by Crippen LogP contribution is 2.26. The van der Waals surface area contributed by atoms with E-state index in [0.717, 1.165) is 18.1 Å². The summed E-state index contributed by atoms with van der Waals surface area (Å²) >= 11 is 0. The van der Waals surface area contributed by atoms with Crippen molar-refractivity contribution < 1.29 is 4.21 Å². The zero-order chi connectivity index (χ0) is 9.68. The van der Waals surface area contributed by atoms with Gasteiger partial charge in [0, 0.05) is 21.8 Å². The largest absolute Gasteiger partial charge is 0.330 e. The van der Waals surface area contributed by atoms with Crippen LogP contribution in [0.15, 0.2) is 0 Å². The lowest BCUT2D eigenvalue weighted by Gasteiger charge is -2.25. The molecule has 1 saturated carbocycles. The summed E-state index contributed by atoms with van der Waals surface area (Å²) in [4.78, 5) is 0. The maximum absolute atomic E-state index is 11.7. The molecule has 1 rings (SSSR count). The second-order valence-electron chi connectivity index (χ2n) is 4.11. The molecule has 0 aromatic rings. The molecule has 13 heavy (non-hydrogen) atoms. The van der Waals surface area contributed by atoms with Gasteiger partial charge in [0.1, 0.15) is 0 Å². The van der Waals surface area contributed by atoms with Gasteiger partial charge in [0.25, 0.3) is 0 Å². The standard InChI is InChI=1S/C10H21NOS/c1-9-3-5-10(6-4-9)13(12)8-2-7-11/h9-10H,2-8,11H2,1H3. The summed E-state index contributed by atoms with van der Waals surface area (Å²) in [6.45, 7) is 2.97. The molecule has 0 aromatic heterocycles. The van der Waals surface area contributed by atoms with Gasteiger partial charge in [-0.25, -0.2) is 0 Å². The normalized spacial score (nSPS) is 31.5. The van der Waals surface area contributed by atoms with Gasteiger partial charge in [-0.15, -0.1) is 0 Å². The molecule has 0 radical (unpaired) electrons. The Labute approximate surface area is 83.7 Å². The number of rotatable bonds is 4. The van der Waals surface area contributed by atoms with Gasteiger partial charge in [-0.1, -0.05) is 6.92 Å². The third-order valence-corrected chi connectivity index (χ3v) is 4.79. The topological polar surface area (TPSA) is 43.1 Å². The highest BCUT2D eigenvalue weighted by atomic mass is 32.2. The second kappa shape index (κ2) is 5.76. The lowest BCUT2D eigenvalue weighted by atomic mass is 9.91. The predicted octanol–water partition coefficient (Wildman–Crippen LogP) is 1.66. The van der Waals surface area contributed by atoms with Crippen molar-refractivity contribution in [2.45, 2.75) is 44.3 Å². The first-order valence-electron chi connectivity index (χ1n) is 5.31. The lowest BCUT2D eigenvalue weighted by Crippen LogP contribution is -2.24. The van der Waals surface area contributed by atoms with Crippen molar-refractivity contribution in [2.75, 3.05) is 12.3 Å². The van der Waals surface area contributed by atoms with E-state index in [1.807, 2.05) is 0 Å². The third kappa shape index (κ3) is 3.77. The van der Waals surface area contributed by atoms with Gasteiger partial charge >= 0.3 is 0 Å². The minimum absolute atomic E-state index is 0.475. The van der Waals surface area contributed by atoms with E-state index in [9.17, 15) is 4.21 Å². The van der Waals surface area contributed by atoms with Crippen LogP contribution in [0.4, 0.5) is 0 Å². The first kappa shape index (κ1) is 11.2. The van der Waals surface area contributed by atoms with Crippen LogP contribution in [0.1, 0.15) is 39.0 Å². The molecule has 2 nitrogen and oxygen atoms in total. The van der Waals surface area contributed by atoms with Crippen molar-refractivity contribution in [3.05, 3.63) is 0 Å². The van der Waals surface area contributed by atoms with E-state index in [-0.39, 0.29) is 0 Å². The molecule has 0 amide bonds. The zero-order valence-corrected chi connectivity index (χ0v) is 9.31. The van der Waals surface area contributed by atoms with Crippen LogP contribution in [0, 0.1) is 5.92 Å². The van der Waals surface area contributed by atoms with Crippen molar-refractivity contribution in [3.8, 4) is 0 Å². The predicted molar refractivity (Wildman–Crippen MR) is 58.1 cm³/mol. The summed E-state index contributed by atoms with van der Waals surface area (Å²) in [7, 11) is -0.601. The fourth-order valence-corrected chi connectivity index (χ4v) is 3.47. The van der Waals surface area contributed by atoms with Gasteiger partial charge in [0.2, 0.25) is 0 Å². The smallest absolute Gasteiger partial charge is 0.0348 e. The minimum atomic E-state index is -0.601. The molecular weight excluding hydrogens is 182 g/mol. The van der Waals surface area contributed by atoms with Crippen LogP contribution in [0.5, 0.6) is 0 Å². The van der Waals surface area contributed by atoms with Crippen molar-refractivity contribution in [1.29, 1.82) is 0 Å². The molecule has 78 valence electrons. The summed E-state index contributed by atoms with van der Waals surface area (Å²) in [6.07, 6.45) is 5.77. The molecule has 1 aliphatic carbocycles. The molecule has 1 unspecified atom stereocenters. The van der Waals surface area contributed by atoms with Crippen LogP contribution < -0.4 is 5.73 Å². The fraction of sp³-hybridized carbons (Fsp3) is 1.00. The number of hydrogen-bond donors (Lipinski definition) is 1. The van der Waals surface area contributed by atoms with Gasteiger partial charge in [-0.05, 0) is 44.6 Å². The summed E-state index contributed by atoms with van der Waals surface area (Å²) in [6, 6.07) is 0. The summed E-state index contributed by atoms with van der Waals surface area (Å²) in [5, 5.41) is 0.475. The summed E-state index contributed by atoms with van der Waals surface area (Å²) in [5.41, 5.74) is 5.39. The SMILES string of the molecule is CC1CCC(S(=O)CCCN)CC1. The second-order valence-corrected chi connectivity index (χ2v) is 5.95. The first-order chi connectivity index (χ1) is 6.24. The van der Waals surface area contributed by atoms with Gasteiger partial charge < -0.3 is 5.73 Å². The quantitative estimate of drug-likeness (QED) is 0.755. The maximum atomic E-state index is 11.7. The van der Waals surface area contributed by atoms with E-state index < -0.39 is 10.8 Å². The highest BCUT2D eigenvalue weighted by Gasteiger charge is 2.22. The molecule has 0 aromatic carbocycles. The summed E-state index contributed by atoms with van der Waals surface area (Å²) < 4.78 is 11.7. The van der Waals surface area contributed by atoms with Gasteiger partial charge in [-0.3, -0.25) is 4.21 Å². The van der Waals surface area contributed by atoms with Crippen LogP contribution in [0.2, 0.25) is 0 Å². The Hall–Kier alpha value is 0.110. The van der Waals surface area contributed by atoms with Crippen LogP contribution in [-0.2, 0) is 10.8 Å². The molecule has 1 aliphatic rings. The number of hydrogen-bond acceptors (Lipinski definition) is 2. The Morgan fingerprint density at radius 2 is 1.92 bits per heavy atom. The monoisotopic (exact) mass is 203 g/mol. The molecule has 2 N–H and O–H groups in total. The van der Waals surface area contributed by atoms with Crippen molar-refractivity contribution in [2.24, 2.45) is 11.7 Å². The average Bonchev–Trinajstić information content (AvgIpc) is 2.15. The third-order valence-electron chi connectivity index (χ3n) is 2.88. The van der Waals surface area contributed by atoms with E-state index in [2.05, 4.69) is 6.92 Å². The maximum Gasteiger partial charge on any atom is 0.0348 e. The molecule has 0 heterocycles. The summed E-state index contributed by atoms with van der Waals surface area (Å²) in [5.74, 6) is 1.66. The molecule has 0 saturated heterocycles. The zero-order valence-electron chi connectivity index (χ0n) is 8.50. The fourth-order valence-electron chi connectivity index (χ4n) is 1.88. The molecule has 1 fully saturated rings. The van der Waals surface area contributed by atoms with Crippen LogP contribution in [0.3, 0.4) is 0 Å². The van der Waals surface area contributed by atoms with E-state index in [0.29, 0.717) is 11.8 Å². The molecular formula is C10H21NOS. The molecule has 0 spiro atoms. The van der Waals surface area contributed by atoms with Crippen LogP contribution in [-0.4, -0.2) is 21.8 Å². The van der Waals surface area contributed by atoms with Crippen molar-refractivity contribution >= 4 is 10.8 Å². The molecule has 0 bridgehead atoms. The molecule has 1 atom stereocenters. The first-order valence-corrected chi connectivity index (χ1v) is 6.69.